The Hall–Kier alpha value is -1.59. The van der Waals surface area contributed by atoms with Crippen LogP contribution >= 0.6 is 0 Å². The lowest BCUT2D eigenvalue weighted by atomic mass is 10.1. The lowest BCUT2D eigenvalue weighted by Crippen LogP contribution is -2.20. The Bertz CT molecular complexity index is 443. The number of ketones is 1. The molecule has 1 aliphatic heterocycles. The van der Waals surface area contributed by atoms with Crippen LogP contribution in [0.3, 0.4) is 0 Å². The van der Waals surface area contributed by atoms with Crippen molar-refractivity contribution in [3.8, 4) is 11.5 Å². The van der Waals surface area contributed by atoms with E-state index < -0.39 is 0 Å². The Kier molecular flexibility index (Phi) is 4.76. The van der Waals surface area contributed by atoms with Gasteiger partial charge in [0.2, 0.25) is 6.79 Å². The molecule has 0 fully saturated rings. The molecule has 1 aromatic rings. The molecule has 0 N–H and O–H groups in total. The van der Waals surface area contributed by atoms with Crippen molar-refractivity contribution < 1.29 is 23.7 Å². The predicted octanol–water partition coefficient (Wildman–Crippen LogP) is 2.04. The molecule has 1 atom stereocenters. The minimum absolute atomic E-state index is 0.0356. The molecule has 5 nitrogen and oxygen atoms in total. The summed E-state index contributed by atoms with van der Waals surface area (Å²) < 4.78 is 21.1. The fourth-order valence-corrected chi connectivity index (χ4v) is 1.70. The molecule has 1 heterocycles. The standard InChI is InChI=1S/C14H18O5/c1-3-16-7-10(2)17-8-12(15)11-4-5-13-14(6-11)19-9-18-13/h4-6,10H,3,7-9H2,1-2H3. The number of fused-ring (bicyclic) bond motifs is 1. The molecule has 19 heavy (non-hydrogen) atoms. The van der Waals surface area contributed by atoms with Gasteiger partial charge >= 0.3 is 0 Å². The van der Waals surface area contributed by atoms with Gasteiger partial charge in [-0.3, -0.25) is 4.79 Å². The third-order valence-electron chi connectivity index (χ3n) is 2.75. The van der Waals surface area contributed by atoms with Crippen molar-refractivity contribution in [1.29, 1.82) is 0 Å². The molecule has 0 amide bonds. The van der Waals surface area contributed by atoms with Gasteiger partial charge in [0.1, 0.15) is 6.61 Å². The summed E-state index contributed by atoms with van der Waals surface area (Å²) in [5, 5.41) is 0. The number of benzene rings is 1. The van der Waals surface area contributed by atoms with Gasteiger partial charge in [-0.25, -0.2) is 0 Å². The van der Waals surface area contributed by atoms with Gasteiger partial charge in [-0.1, -0.05) is 0 Å². The van der Waals surface area contributed by atoms with Gasteiger partial charge in [0.25, 0.3) is 0 Å². The molecule has 1 aromatic carbocycles. The van der Waals surface area contributed by atoms with Crippen molar-refractivity contribution in [2.24, 2.45) is 0 Å². The first-order valence-corrected chi connectivity index (χ1v) is 6.33. The first-order valence-electron chi connectivity index (χ1n) is 6.33. The van der Waals surface area contributed by atoms with Gasteiger partial charge in [-0.2, -0.15) is 0 Å². The molecule has 1 aliphatic rings. The Balaban J connectivity index is 1.86. The maximum absolute atomic E-state index is 12.0. The fraction of sp³-hybridized carbons (Fsp3) is 0.500. The second-order valence-electron chi connectivity index (χ2n) is 4.27. The van der Waals surface area contributed by atoms with Gasteiger partial charge in [-0.05, 0) is 32.0 Å². The molecule has 0 saturated carbocycles. The summed E-state index contributed by atoms with van der Waals surface area (Å²) in [5.41, 5.74) is 0.563. The quantitative estimate of drug-likeness (QED) is 0.707. The smallest absolute Gasteiger partial charge is 0.231 e. The zero-order chi connectivity index (χ0) is 13.7. The highest BCUT2D eigenvalue weighted by Gasteiger charge is 2.16. The van der Waals surface area contributed by atoms with E-state index in [1.807, 2.05) is 13.8 Å². The molecule has 0 spiro atoms. The third kappa shape index (κ3) is 3.68. The molecule has 2 rings (SSSR count). The van der Waals surface area contributed by atoms with Gasteiger partial charge < -0.3 is 18.9 Å². The van der Waals surface area contributed by atoms with Gasteiger partial charge in [-0.15, -0.1) is 0 Å². The summed E-state index contributed by atoms with van der Waals surface area (Å²) in [6, 6.07) is 5.13. The van der Waals surface area contributed by atoms with Crippen LogP contribution in [0.1, 0.15) is 24.2 Å². The van der Waals surface area contributed by atoms with Gasteiger partial charge in [0.15, 0.2) is 17.3 Å². The first kappa shape index (κ1) is 13.8. The van der Waals surface area contributed by atoms with Crippen molar-refractivity contribution in [2.75, 3.05) is 26.6 Å². The van der Waals surface area contributed by atoms with Crippen LogP contribution < -0.4 is 9.47 Å². The third-order valence-corrected chi connectivity index (χ3v) is 2.75. The van der Waals surface area contributed by atoms with E-state index in [0.717, 1.165) is 0 Å². The number of hydrogen-bond donors (Lipinski definition) is 0. The topological polar surface area (TPSA) is 54.0 Å². The number of hydrogen-bond acceptors (Lipinski definition) is 5. The highest BCUT2D eigenvalue weighted by molar-refractivity contribution is 5.97. The summed E-state index contributed by atoms with van der Waals surface area (Å²) >= 11 is 0. The monoisotopic (exact) mass is 266 g/mol. The van der Waals surface area contributed by atoms with Crippen LogP contribution in [0.15, 0.2) is 18.2 Å². The number of Topliss-reactive ketones (excluding diaryl/α,β-unsaturated/α-hetero) is 1. The molecule has 0 aliphatic carbocycles. The predicted molar refractivity (Wildman–Crippen MR) is 68.8 cm³/mol. The zero-order valence-corrected chi connectivity index (χ0v) is 11.2. The summed E-state index contributed by atoms with van der Waals surface area (Å²) in [6.45, 7) is 5.17. The number of carbonyl (C=O) groups excluding carboxylic acids is 1. The lowest BCUT2D eigenvalue weighted by Gasteiger charge is -2.12. The van der Waals surface area contributed by atoms with Crippen LogP contribution in [0.25, 0.3) is 0 Å². The fourth-order valence-electron chi connectivity index (χ4n) is 1.70. The summed E-state index contributed by atoms with van der Waals surface area (Å²) in [7, 11) is 0. The zero-order valence-electron chi connectivity index (χ0n) is 11.2. The van der Waals surface area contributed by atoms with Crippen molar-refractivity contribution in [3.63, 3.8) is 0 Å². The van der Waals surface area contributed by atoms with Gasteiger partial charge in [0.05, 0.1) is 12.7 Å². The van der Waals surface area contributed by atoms with Crippen LogP contribution in [0, 0.1) is 0 Å². The Morgan fingerprint density at radius 2 is 2.16 bits per heavy atom. The Morgan fingerprint density at radius 3 is 2.95 bits per heavy atom. The minimum atomic E-state index is -0.0992. The van der Waals surface area contributed by atoms with E-state index in [1.165, 1.54) is 0 Å². The van der Waals surface area contributed by atoms with E-state index in [-0.39, 0.29) is 25.3 Å². The van der Waals surface area contributed by atoms with E-state index in [0.29, 0.717) is 30.3 Å². The Labute approximate surface area is 112 Å². The minimum Gasteiger partial charge on any atom is -0.454 e. The molecular formula is C14H18O5. The van der Waals surface area contributed by atoms with E-state index in [1.54, 1.807) is 18.2 Å². The second-order valence-corrected chi connectivity index (χ2v) is 4.27. The number of ether oxygens (including phenoxy) is 4. The van der Waals surface area contributed by atoms with E-state index in [4.69, 9.17) is 18.9 Å². The van der Waals surface area contributed by atoms with Crippen molar-refractivity contribution >= 4 is 5.78 Å². The highest BCUT2D eigenvalue weighted by Crippen LogP contribution is 2.32. The number of carbonyl (C=O) groups is 1. The highest BCUT2D eigenvalue weighted by atomic mass is 16.7. The molecule has 104 valence electrons. The maximum atomic E-state index is 12.0. The molecule has 1 unspecified atom stereocenters. The summed E-state index contributed by atoms with van der Waals surface area (Å²) in [5.74, 6) is 1.19. The van der Waals surface area contributed by atoms with Crippen LogP contribution in [0.2, 0.25) is 0 Å². The van der Waals surface area contributed by atoms with Crippen molar-refractivity contribution in [3.05, 3.63) is 23.8 Å². The van der Waals surface area contributed by atoms with E-state index >= 15 is 0 Å². The van der Waals surface area contributed by atoms with Crippen molar-refractivity contribution in [2.45, 2.75) is 20.0 Å². The van der Waals surface area contributed by atoms with Crippen LogP contribution in [-0.4, -0.2) is 38.5 Å². The molecule has 0 saturated heterocycles. The summed E-state index contributed by atoms with van der Waals surface area (Å²) in [6.07, 6.45) is -0.0992. The average molecular weight is 266 g/mol. The van der Waals surface area contributed by atoms with Crippen molar-refractivity contribution in [1.82, 2.24) is 0 Å². The maximum Gasteiger partial charge on any atom is 0.231 e. The normalized spacial score (nSPS) is 14.4. The molecular weight excluding hydrogens is 248 g/mol. The van der Waals surface area contributed by atoms with E-state index in [2.05, 4.69) is 0 Å². The molecule has 0 bridgehead atoms. The SMILES string of the molecule is CCOCC(C)OCC(=O)c1ccc2c(c1)OCO2. The van der Waals surface area contributed by atoms with Crippen LogP contribution in [0.5, 0.6) is 11.5 Å². The summed E-state index contributed by atoms with van der Waals surface area (Å²) in [4.78, 5) is 12.0. The lowest BCUT2D eigenvalue weighted by molar-refractivity contribution is 0.00115. The first-order chi connectivity index (χ1) is 9.20. The van der Waals surface area contributed by atoms with Crippen LogP contribution in [0.4, 0.5) is 0 Å². The van der Waals surface area contributed by atoms with E-state index in [9.17, 15) is 4.79 Å². The molecule has 5 heteroatoms. The Morgan fingerprint density at radius 1 is 1.37 bits per heavy atom. The average Bonchev–Trinajstić information content (AvgIpc) is 2.89. The number of rotatable bonds is 7. The van der Waals surface area contributed by atoms with Gasteiger partial charge in [0, 0.05) is 12.2 Å². The molecule has 0 aromatic heterocycles. The largest absolute Gasteiger partial charge is 0.454 e. The molecule has 0 radical (unpaired) electrons. The van der Waals surface area contributed by atoms with Crippen LogP contribution in [-0.2, 0) is 9.47 Å². The second kappa shape index (κ2) is 6.54.